The zero-order chi connectivity index (χ0) is 13.8. The van der Waals surface area contributed by atoms with Gasteiger partial charge in [0.2, 0.25) is 5.91 Å². The van der Waals surface area contributed by atoms with Crippen molar-refractivity contribution >= 4 is 18.3 Å². The molecule has 1 fully saturated rings. The second-order valence-corrected chi connectivity index (χ2v) is 4.64. The number of amides is 1. The molecule has 2 rings (SSSR count). The number of aromatic nitrogens is 1. The van der Waals surface area contributed by atoms with E-state index in [2.05, 4.69) is 4.98 Å². The second kappa shape index (κ2) is 7.17. The highest BCUT2D eigenvalue weighted by Gasteiger charge is 2.37. The topological polar surface area (TPSA) is 83.0 Å². The van der Waals surface area contributed by atoms with E-state index < -0.39 is 18.3 Å². The molecule has 1 amide bonds. The maximum atomic E-state index is 13.3. The van der Waals surface area contributed by atoms with Gasteiger partial charge in [0, 0.05) is 18.8 Å². The van der Waals surface area contributed by atoms with Crippen molar-refractivity contribution in [1.29, 1.82) is 5.26 Å². The smallest absolute Gasteiger partial charge is 0.241 e. The third-order valence-electron chi connectivity index (χ3n) is 3.18. The number of nitriles is 1. The lowest BCUT2D eigenvalue weighted by Gasteiger charge is -2.23. The number of nitrogens with zero attached hydrogens (tertiary/aromatic N) is 3. The Hall–Kier alpha value is -1.71. The molecule has 2 heterocycles. The third-order valence-corrected chi connectivity index (χ3v) is 3.18. The number of nitrogens with two attached hydrogens (primary N) is 1. The minimum Gasteiger partial charge on any atom is -0.322 e. The van der Waals surface area contributed by atoms with E-state index in [4.69, 9.17) is 11.0 Å². The number of alkyl halides is 1. The molecule has 5 nitrogen and oxygen atoms in total. The van der Waals surface area contributed by atoms with Crippen LogP contribution in [0.4, 0.5) is 4.39 Å². The molecule has 0 unspecified atom stereocenters. The molecule has 3 atom stereocenters. The average Bonchev–Trinajstić information content (AvgIpc) is 2.80. The number of rotatable bonds is 3. The van der Waals surface area contributed by atoms with E-state index >= 15 is 0 Å². The predicted octanol–water partition coefficient (Wildman–Crippen LogP) is 0.836. The van der Waals surface area contributed by atoms with E-state index in [1.54, 1.807) is 18.5 Å². The first-order chi connectivity index (χ1) is 9.11. The summed E-state index contributed by atoms with van der Waals surface area (Å²) in [5, 5.41) is 8.91. The van der Waals surface area contributed by atoms with Crippen LogP contribution >= 0.6 is 12.4 Å². The summed E-state index contributed by atoms with van der Waals surface area (Å²) in [6.45, 7) is -0.0438. The Balaban J connectivity index is 0.00000200. The summed E-state index contributed by atoms with van der Waals surface area (Å²) < 4.78 is 13.3. The highest BCUT2D eigenvalue weighted by Crippen LogP contribution is 2.21. The van der Waals surface area contributed by atoms with Crippen LogP contribution in [0.3, 0.4) is 0 Å². The van der Waals surface area contributed by atoms with Crippen molar-refractivity contribution in [2.24, 2.45) is 5.73 Å². The van der Waals surface area contributed by atoms with Crippen LogP contribution in [0.5, 0.6) is 0 Å². The zero-order valence-corrected chi connectivity index (χ0v) is 11.6. The van der Waals surface area contributed by atoms with Crippen molar-refractivity contribution in [3.05, 3.63) is 30.1 Å². The fourth-order valence-electron chi connectivity index (χ4n) is 2.22. The van der Waals surface area contributed by atoms with Crippen LogP contribution in [0.25, 0.3) is 0 Å². The van der Waals surface area contributed by atoms with Crippen LogP contribution < -0.4 is 5.73 Å². The molecule has 108 valence electrons. The van der Waals surface area contributed by atoms with Gasteiger partial charge in [-0.1, -0.05) is 6.07 Å². The van der Waals surface area contributed by atoms with Gasteiger partial charge in [0.1, 0.15) is 12.2 Å². The van der Waals surface area contributed by atoms with E-state index in [1.165, 1.54) is 4.90 Å². The lowest BCUT2D eigenvalue weighted by molar-refractivity contribution is -0.132. The van der Waals surface area contributed by atoms with Crippen molar-refractivity contribution in [2.75, 3.05) is 6.54 Å². The van der Waals surface area contributed by atoms with Crippen LogP contribution in [0, 0.1) is 11.3 Å². The second-order valence-electron chi connectivity index (χ2n) is 4.64. The Bertz CT molecular complexity index is 493. The molecule has 1 aliphatic heterocycles. The Morgan fingerprint density at radius 3 is 3.05 bits per heavy atom. The summed E-state index contributed by atoms with van der Waals surface area (Å²) in [5.41, 5.74) is 6.68. The summed E-state index contributed by atoms with van der Waals surface area (Å²) in [6.07, 6.45) is 2.53. The highest BCUT2D eigenvalue weighted by atomic mass is 35.5. The molecule has 0 bridgehead atoms. The number of likely N-dealkylation sites (tertiary alicyclic amines) is 1. The summed E-state index contributed by atoms with van der Waals surface area (Å²) in [7, 11) is 0. The predicted molar refractivity (Wildman–Crippen MR) is 73.8 cm³/mol. The van der Waals surface area contributed by atoms with Crippen LogP contribution in [-0.2, 0) is 11.2 Å². The standard InChI is InChI=1S/C13H15FN4O.ClH/c14-10-5-11(6-15)18(8-10)13(19)12(16)4-9-2-1-3-17-7-9;/h1-3,7,10-12H,4-5,8,16H2;1H/t10-,11-,12-;/m0./s1. The minimum absolute atomic E-state index is 0. The van der Waals surface area contributed by atoms with Gasteiger partial charge in [-0.3, -0.25) is 9.78 Å². The molecule has 0 aromatic carbocycles. The van der Waals surface area contributed by atoms with Crippen molar-refractivity contribution < 1.29 is 9.18 Å². The first-order valence-corrected chi connectivity index (χ1v) is 6.10. The SMILES string of the molecule is Cl.N#C[C@@H]1C[C@H](F)CN1C(=O)[C@@H](N)Cc1cccnc1. The lowest BCUT2D eigenvalue weighted by atomic mass is 10.1. The molecular formula is C13H16ClFN4O. The molecule has 1 aliphatic rings. The van der Waals surface area contributed by atoms with E-state index in [9.17, 15) is 9.18 Å². The Labute approximate surface area is 123 Å². The van der Waals surface area contributed by atoms with Gasteiger partial charge in [0.25, 0.3) is 0 Å². The summed E-state index contributed by atoms with van der Waals surface area (Å²) in [5.74, 6) is -0.379. The Kier molecular flexibility index (Phi) is 5.86. The first kappa shape index (κ1) is 16.3. The lowest BCUT2D eigenvalue weighted by Crippen LogP contribution is -2.46. The Morgan fingerprint density at radius 2 is 2.45 bits per heavy atom. The van der Waals surface area contributed by atoms with Gasteiger partial charge in [0.05, 0.1) is 18.7 Å². The molecule has 1 aromatic rings. The molecule has 0 saturated carbocycles. The molecule has 1 aromatic heterocycles. The Morgan fingerprint density at radius 1 is 1.70 bits per heavy atom. The molecule has 20 heavy (non-hydrogen) atoms. The van der Waals surface area contributed by atoms with Gasteiger partial charge >= 0.3 is 0 Å². The number of carbonyl (C=O) groups is 1. The number of carbonyl (C=O) groups excluding carboxylic acids is 1. The van der Waals surface area contributed by atoms with E-state index in [0.717, 1.165) is 5.56 Å². The number of pyridine rings is 1. The third kappa shape index (κ3) is 3.65. The van der Waals surface area contributed by atoms with Crippen molar-refractivity contribution in [3.8, 4) is 6.07 Å². The highest BCUT2D eigenvalue weighted by molar-refractivity contribution is 5.85. The zero-order valence-electron chi connectivity index (χ0n) is 10.8. The maximum absolute atomic E-state index is 13.3. The van der Waals surface area contributed by atoms with Crippen LogP contribution in [0.1, 0.15) is 12.0 Å². The normalized spacial score (nSPS) is 22.8. The fraction of sp³-hybridized carbons (Fsp3) is 0.462. The van der Waals surface area contributed by atoms with Gasteiger partial charge in [-0.15, -0.1) is 12.4 Å². The van der Waals surface area contributed by atoms with Crippen LogP contribution in [0.15, 0.2) is 24.5 Å². The molecule has 1 saturated heterocycles. The molecule has 7 heteroatoms. The van der Waals surface area contributed by atoms with Gasteiger partial charge in [0.15, 0.2) is 0 Å². The molecule has 0 radical (unpaired) electrons. The average molecular weight is 299 g/mol. The largest absolute Gasteiger partial charge is 0.322 e. The monoisotopic (exact) mass is 298 g/mol. The number of halogens is 2. The summed E-state index contributed by atoms with van der Waals surface area (Å²) >= 11 is 0. The van der Waals surface area contributed by atoms with Crippen LogP contribution in [-0.4, -0.2) is 40.6 Å². The van der Waals surface area contributed by atoms with E-state index in [1.807, 2.05) is 12.1 Å². The molecule has 2 N–H and O–H groups in total. The fourth-order valence-corrected chi connectivity index (χ4v) is 2.22. The van der Waals surface area contributed by atoms with Gasteiger partial charge in [-0.05, 0) is 18.1 Å². The van der Waals surface area contributed by atoms with Gasteiger partial charge < -0.3 is 10.6 Å². The number of hydrogen-bond donors (Lipinski definition) is 1. The van der Waals surface area contributed by atoms with Gasteiger partial charge in [-0.2, -0.15) is 5.26 Å². The molecule has 0 spiro atoms. The van der Waals surface area contributed by atoms with Crippen molar-refractivity contribution in [3.63, 3.8) is 0 Å². The summed E-state index contributed by atoms with van der Waals surface area (Å²) in [6, 6.07) is 4.05. The number of hydrogen-bond acceptors (Lipinski definition) is 4. The van der Waals surface area contributed by atoms with E-state index in [0.29, 0.717) is 6.42 Å². The summed E-state index contributed by atoms with van der Waals surface area (Å²) in [4.78, 5) is 17.3. The first-order valence-electron chi connectivity index (χ1n) is 6.10. The van der Waals surface area contributed by atoms with Gasteiger partial charge in [-0.25, -0.2) is 4.39 Å². The van der Waals surface area contributed by atoms with E-state index in [-0.39, 0.29) is 31.3 Å². The molecule has 0 aliphatic carbocycles. The molecular weight excluding hydrogens is 283 g/mol. The van der Waals surface area contributed by atoms with Crippen molar-refractivity contribution in [1.82, 2.24) is 9.88 Å². The minimum atomic E-state index is -1.14. The van der Waals surface area contributed by atoms with Crippen LogP contribution in [0.2, 0.25) is 0 Å². The van der Waals surface area contributed by atoms with Crippen molar-refractivity contribution in [2.45, 2.75) is 31.1 Å². The maximum Gasteiger partial charge on any atom is 0.241 e. The quantitative estimate of drug-likeness (QED) is 0.896.